The van der Waals surface area contributed by atoms with E-state index in [2.05, 4.69) is 15.1 Å². The fourth-order valence-electron chi connectivity index (χ4n) is 3.64. The van der Waals surface area contributed by atoms with Crippen LogP contribution < -0.4 is 0 Å². The number of thiophene rings is 1. The Morgan fingerprint density at radius 2 is 2.14 bits per heavy atom. The van der Waals surface area contributed by atoms with Crippen molar-refractivity contribution < 1.29 is 13.9 Å². The second kappa shape index (κ2) is 6.17. The number of hydrogen-bond donors (Lipinski definition) is 1. The highest BCUT2D eigenvalue weighted by atomic mass is 35.5. The molecule has 1 N–H and O–H groups in total. The molecule has 0 aromatic carbocycles. The van der Waals surface area contributed by atoms with Crippen LogP contribution in [0.5, 0.6) is 0 Å². The van der Waals surface area contributed by atoms with Crippen molar-refractivity contribution in [3.8, 4) is 11.3 Å². The molecule has 0 bridgehead atoms. The number of alkyl halides is 2. The number of nitrogens with zero attached hydrogens (tertiary/aromatic N) is 4. The summed E-state index contributed by atoms with van der Waals surface area (Å²) in [5.74, 6) is -3.16. The lowest BCUT2D eigenvalue weighted by Crippen LogP contribution is -2.38. The third-order valence-corrected chi connectivity index (χ3v) is 6.82. The first-order valence-corrected chi connectivity index (χ1v) is 9.95. The van der Waals surface area contributed by atoms with Gasteiger partial charge in [0.25, 0.3) is 0 Å². The molecule has 28 heavy (non-hydrogen) atoms. The summed E-state index contributed by atoms with van der Waals surface area (Å²) >= 11 is 7.68. The maximum Gasteiger partial charge on any atom is 0.248 e. The molecule has 4 aromatic heterocycles. The summed E-state index contributed by atoms with van der Waals surface area (Å²) < 4.78 is 28.0. The molecule has 1 saturated carbocycles. The van der Waals surface area contributed by atoms with Crippen LogP contribution in [-0.4, -0.2) is 30.8 Å². The van der Waals surface area contributed by atoms with Crippen molar-refractivity contribution in [2.24, 2.45) is 13.0 Å². The Kier molecular flexibility index (Phi) is 3.94. The lowest BCUT2D eigenvalue weighted by atomic mass is 9.77. The minimum absolute atomic E-state index is 0.311. The summed E-state index contributed by atoms with van der Waals surface area (Å²) in [7, 11) is 1.84. The van der Waals surface area contributed by atoms with E-state index in [1.165, 1.54) is 11.3 Å². The SMILES string of the molecule is Cn1cc2cc(-c3ccc4c(Cl)c([C@H](O)C5CC(F)(F)C5)sc4n3)cnc2n1. The summed E-state index contributed by atoms with van der Waals surface area (Å²) in [4.78, 5) is 10.2. The number of hydrogen-bond acceptors (Lipinski definition) is 5. The van der Waals surface area contributed by atoms with Crippen LogP contribution in [0.2, 0.25) is 5.02 Å². The molecular weight excluding hydrogens is 406 g/mol. The maximum absolute atomic E-state index is 13.2. The van der Waals surface area contributed by atoms with Crippen LogP contribution in [0.15, 0.2) is 30.6 Å². The normalized spacial score (nSPS) is 17.9. The van der Waals surface area contributed by atoms with Crippen molar-refractivity contribution in [2.75, 3.05) is 0 Å². The van der Waals surface area contributed by atoms with Gasteiger partial charge in [-0.1, -0.05) is 11.6 Å². The molecule has 4 aromatic rings. The van der Waals surface area contributed by atoms with Gasteiger partial charge in [0.15, 0.2) is 5.65 Å². The Hall–Kier alpha value is -2.16. The van der Waals surface area contributed by atoms with Crippen LogP contribution in [0, 0.1) is 5.92 Å². The Morgan fingerprint density at radius 3 is 2.89 bits per heavy atom. The molecule has 5 rings (SSSR count). The summed E-state index contributed by atoms with van der Waals surface area (Å²) in [6.45, 7) is 0. The average molecular weight is 421 g/mol. The Labute approximate surface area is 167 Å². The second-order valence-electron chi connectivity index (χ2n) is 7.24. The van der Waals surface area contributed by atoms with Crippen LogP contribution in [-0.2, 0) is 7.05 Å². The summed E-state index contributed by atoms with van der Waals surface area (Å²) in [6.07, 6.45) is 1.98. The predicted molar refractivity (Wildman–Crippen MR) is 105 cm³/mol. The van der Waals surface area contributed by atoms with Crippen molar-refractivity contribution in [1.82, 2.24) is 19.7 Å². The van der Waals surface area contributed by atoms with Crippen LogP contribution in [0.1, 0.15) is 23.8 Å². The zero-order valence-electron chi connectivity index (χ0n) is 14.7. The molecule has 1 fully saturated rings. The van der Waals surface area contributed by atoms with Gasteiger partial charge in [0, 0.05) is 54.5 Å². The molecular formula is C19H15ClF2N4OS. The van der Waals surface area contributed by atoms with Crippen molar-refractivity contribution in [3.63, 3.8) is 0 Å². The Morgan fingerprint density at radius 1 is 1.36 bits per heavy atom. The first kappa shape index (κ1) is 17.9. The predicted octanol–water partition coefficient (Wildman–Crippen LogP) is 4.98. The maximum atomic E-state index is 13.2. The van der Waals surface area contributed by atoms with E-state index >= 15 is 0 Å². The quantitative estimate of drug-likeness (QED) is 0.508. The van der Waals surface area contributed by atoms with Crippen LogP contribution in [0.25, 0.3) is 32.5 Å². The van der Waals surface area contributed by atoms with Crippen LogP contribution >= 0.6 is 22.9 Å². The van der Waals surface area contributed by atoms with E-state index in [1.807, 2.05) is 31.4 Å². The van der Waals surface area contributed by atoms with E-state index in [1.54, 1.807) is 10.9 Å². The standard InChI is InChI=1S/C19H15ClF2N4OS/c1-26-8-10-4-9(7-23-17(10)25-26)13-3-2-12-14(20)16(28-18(12)24-13)15(27)11-5-19(21,22)6-11/h2-4,7-8,11,15,27H,5-6H2,1H3/t15-/m1/s1. The molecule has 1 atom stereocenters. The summed E-state index contributed by atoms with van der Waals surface area (Å²) in [5, 5.41) is 16.8. The van der Waals surface area contributed by atoms with Crippen molar-refractivity contribution in [1.29, 1.82) is 0 Å². The summed E-state index contributed by atoms with van der Waals surface area (Å²) in [5.41, 5.74) is 2.22. The van der Waals surface area contributed by atoms with Crippen molar-refractivity contribution in [3.05, 3.63) is 40.5 Å². The lowest BCUT2D eigenvalue weighted by Gasteiger charge is -2.37. The Balaban J connectivity index is 1.52. The molecule has 1 aliphatic carbocycles. The van der Waals surface area contributed by atoms with Gasteiger partial charge in [0.2, 0.25) is 5.92 Å². The lowest BCUT2D eigenvalue weighted by molar-refractivity contribution is -0.141. The van der Waals surface area contributed by atoms with Gasteiger partial charge in [-0.15, -0.1) is 11.3 Å². The zero-order valence-corrected chi connectivity index (χ0v) is 16.3. The molecule has 0 radical (unpaired) electrons. The van der Waals surface area contributed by atoms with Gasteiger partial charge in [-0.25, -0.2) is 18.7 Å². The van der Waals surface area contributed by atoms with Gasteiger partial charge >= 0.3 is 0 Å². The third kappa shape index (κ3) is 2.87. The fraction of sp³-hybridized carbons (Fsp3) is 0.316. The van der Waals surface area contributed by atoms with Gasteiger partial charge in [-0.05, 0) is 18.2 Å². The number of rotatable bonds is 3. The van der Waals surface area contributed by atoms with Gasteiger partial charge in [0.05, 0.1) is 21.7 Å². The van der Waals surface area contributed by atoms with E-state index in [0.717, 1.165) is 16.6 Å². The first-order chi connectivity index (χ1) is 13.3. The highest BCUT2D eigenvalue weighted by Gasteiger charge is 2.49. The molecule has 0 spiro atoms. The first-order valence-electron chi connectivity index (χ1n) is 8.75. The number of pyridine rings is 2. The van der Waals surface area contributed by atoms with E-state index in [-0.39, 0.29) is 12.8 Å². The third-order valence-electron chi connectivity index (χ3n) is 5.13. The number of halogens is 3. The number of aryl methyl sites for hydroxylation is 1. The average Bonchev–Trinajstić information content (AvgIpc) is 3.17. The van der Waals surface area contributed by atoms with E-state index < -0.39 is 17.9 Å². The molecule has 0 amide bonds. The summed E-state index contributed by atoms with van der Waals surface area (Å²) in [6, 6.07) is 5.65. The molecule has 0 aliphatic heterocycles. The van der Waals surface area contributed by atoms with Crippen molar-refractivity contribution in [2.45, 2.75) is 24.9 Å². The topological polar surface area (TPSA) is 63.8 Å². The number of aromatic nitrogens is 4. The van der Waals surface area contributed by atoms with E-state index in [4.69, 9.17) is 11.6 Å². The second-order valence-corrected chi connectivity index (χ2v) is 8.65. The molecule has 9 heteroatoms. The fourth-order valence-corrected chi connectivity index (χ4v) is 5.22. The largest absolute Gasteiger partial charge is 0.387 e. The molecule has 4 heterocycles. The number of aliphatic hydroxyl groups is 1. The van der Waals surface area contributed by atoms with Crippen molar-refractivity contribution >= 4 is 44.2 Å². The molecule has 5 nitrogen and oxygen atoms in total. The highest BCUT2D eigenvalue weighted by Crippen LogP contribution is 2.51. The molecule has 0 unspecified atom stereocenters. The number of fused-ring (bicyclic) bond motifs is 2. The van der Waals surface area contributed by atoms with Gasteiger partial charge in [-0.3, -0.25) is 4.68 Å². The minimum Gasteiger partial charge on any atom is -0.387 e. The minimum atomic E-state index is -2.68. The smallest absolute Gasteiger partial charge is 0.248 e. The highest BCUT2D eigenvalue weighted by molar-refractivity contribution is 7.19. The number of aliphatic hydroxyl groups excluding tert-OH is 1. The van der Waals surface area contributed by atoms with Crippen LogP contribution in [0.4, 0.5) is 8.78 Å². The molecule has 144 valence electrons. The monoisotopic (exact) mass is 420 g/mol. The molecule has 0 saturated heterocycles. The van der Waals surface area contributed by atoms with Gasteiger partial charge in [0.1, 0.15) is 4.83 Å². The zero-order chi connectivity index (χ0) is 19.6. The van der Waals surface area contributed by atoms with Gasteiger partial charge < -0.3 is 5.11 Å². The van der Waals surface area contributed by atoms with Gasteiger partial charge in [-0.2, -0.15) is 5.10 Å². The molecule has 1 aliphatic rings. The Bertz CT molecular complexity index is 1210. The van der Waals surface area contributed by atoms with E-state index in [9.17, 15) is 13.9 Å². The van der Waals surface area contributed by atoms with Crippen LogP contribution in [0.3, 0.4) is 0 Å². The van der Waals surface area contributed by atoms with E-state index in [0.29, 0.717) is 25.8 Å².